The zero-order valence-corrected chi connectivity index (χ0v) is 25.2. The van der Waals surface area contributed by atoms with Gasteiger partial charge in [0.05, 0.1) is 6.54 Å². The number of nitrogens with zero attached hydrogens (tertiary/aromatic N) is 4. The van der Waals surface area contributed by atoms with Gasteiger partial charge in [0.15, 0.2) is 0 Å². The number of hydrogen-bond donors (Lipinski definition) is 2. The molecule has 0 saturated heterocycles. The van der Waals surface area contributed by atoms with Crippen molar-refractivity contribution in [2.45, 2.75) is 65.1 Å². The SMILES string of the molecule is Cc1nc(-c2ccc(C)c(N(CC(=O)N(C)C3Cc4ccc(Cl)cc4C3)C(CCNC(C)C)C(N)=O)c2)no1.Cl. The summed E-state index contributed by atoms with van der Waals surface area (Å²) in [6.07, 6.45) is 1.95. The van der Waals surface area contributed by atoms with Crippen LogP contribution in [0.4, 0.5) is 5.69 Å². The molecule has 2 amide bonds. The summed E-state index contributed by atoms with van der Waals surface area (Å²) in [6.45, 7) is 8.34. The zero-order chi connectivity index (χ0) is 28.3. The number of carbonyl (C=O) groups is 2. The Morgan fingerprint density at radius 3 is 2.52 bits per heavy atom. The van der Waals surface area contributed by atoms with Gasteiger partial charge in [-0.05, 0) is 67.6 Å². The van der Waals surface area contributed by atoms with Gasteiger partial charge in [0, 0.05) is 42.3 Å². The summed E-state index contributed by atoms with van der Waals surface area (Å²) >= 11 is 6.20. The molecule has 1 heterocycles. The van der Waals surface area contributed by atoms with E-state index in [1.807, 2.05) is 69.1 Å². The Morgan fingerprint density at radius 1 is 1.15 bits per heavy atom. The van der Waals surface area contributed by atoms with Gasteiger partial charge < -0.3 is 25.4 Å². The molecule has 3 N–H and O–H groups in total. The van der Waals surface area contributed by atoms with Gasteiger partial charge in [-0.3, -0.25) is 9.59 Å². The van der Waals surface area contributed by atoms with Crippen molar-refractivity contribution >= 4 is 41.5 Å². The molecule has 0 fully saturated rings. The first-order chi connectivity index (χ1) is 18.5. The van der Waals surface area contributed by atoms with Gasteiger partial charge >= 0.3 is 0 Å². The summed E-state index contributed by atoms with van der Waals surface area (Å²) in [4.78, 5) is 34.5. The highest BCUT2D eigenvalue weighted by Gasteiger charge is 2.32. The van der Waals surface area contributed by atoms with Crippen molar-refractivity contribution in [1.82, 2.24) is 20.4 Å². The summed E-state index contributed by atoms with van der Waals surface area (Å²) in [6, 6.07) is 11.2. The molecule has 1 aromatic heterocycles. The van der Waals surface area contributed by atoms with E-state index in [9.17, 15) is 9.59 Å². The first-order valence-corrected chi connectivity index (χ1v) is 13.6. The molecule has 0 saturated carbocycles. The van der Waals surface area contributed by atoms with E-state index >= 15 is 0 Å². The van der Waals surface area contributed by atoms with E-state index in [0.29, 0.717) is 29.7 Å². The van der Waals surface area contributed by atoms with E-state index in [-0.39, 0.29) is 36.9 Å². The van der Waals surface area contributed by atoms with Crippen molar-refractivity contribution in [2.75, 3.05) is 25.0 Å². The largest absolute Gasteiger partial charge is 0.368 e. The first-order valence-electron chi connectivity index (χ1n) is 13.3. The topological polar surface area (TPSA) is 118 Å². The molecular weight excluding hydrogens is 551 g/mol. The zero-order valence-electron chi connectivity index (χ0n) is 23.6. The maximum Gasteiger partial charge on any atom is 0.242 e. The number of fused-ring (bicyclic) bond motifs is 1. The minimum atomic E-state index is -0.700. The standard InChI is InChI=1S/C29H37ClN6O3.ClH/c1-17(2)32-11-10-25(28(31)38)36(26-15-21(7-6-18(26)3)29-33-19(4)39-34-29)16-27(37)35(5)24-13-20-8-9-23(30)12-22(20)14-24;/h6-9,12,15,17,24-25,32H,10-11,13-14,16H2,1-5H3,(H2,31,38);1H. The molecule has 2 aromatic carbocycles. The Kier molecular flexibility index (Phi) is 10.6. The van der Waals surface area contributed by atoms with Gasteiger partial charge in [-0.15, -0.1) is 12.4 Å². The molecule has 4 rings (SSSR count). The fourth-order valence-electron chi connectivity index (χ4n) is 5.10. The van der Waals surface area contributed by atoms with Crippen LogP contribution in [-0.2, 0) is 22.4 Å². The number of hydrogen-bond acceptors (Lipinski definition) is 7. The highest BCUT2D eigenvalue weighted by Crippen LogP contribution is 2.31. The van der Waals surface area contributed by atoms with Crippen LogP contribution in [0.25, 0.3) is 11.4 Å². The quantitative estimate of drug-likeness (QED) is 0.346. The van der Waals surface area contributed by atoms with Crippen molar-refractivity contribution in [3.05, 3.63) is 64.0 Å². The fourth-order valence-corrected chi connectivity index (χ4v) is 5.29. The molecule has 0 spiro atoms. The molecule has 1 aliphatic rings. The van der Waals surface area contributed by atoms with Crippen molar-refractivity contribution < 1.29 is 14.1 Å². The van der Waals surface area contributed by atoms with Crippen molar-refractivity contribution in [1.29, 1.82) is 0 Å². The number of aryl methyl sites for hydroxylation is 2. The van der Waals surface area contributed by atoms with Gasteiger partial charge in [0.1, 0.15) is 6.04 Å². The Bertz CT molecular complexity index is 1350. The lowest BCUT2D eigenvalue weighted by atomic mass is 10.0. The molecule has 0 aliphatic heterocycles. The Morgan fingerprint density at radius 2 is 1.88 bits per heavy atom. The molecule has 1 aliphatic carbocycles. The number of nitrogens with two attached hydrogens (primary N) is 1. The fraction of sp³-hybridized carbons (Fsp3) is 0.448. The molecule has 9 nitrogen and oxygen atoms in total. The summed E-state index contributed by atoms with van der Waals surface area (Å²) in [5.41, 5.74) is 10.7. The molecule has 0 radical (unpaired) electrons. The van der Waals surface area contributed by atoms with Crippen LogP contribution in [0.15, 0.2) is 40.9 Å². The third kappa shape index (κ3) is 7.33. The predicted molar refractivity (Wildman–Crippen MR) is 160 cm³/mol. The second-order valence-electron chi connectivity index (χ2n) is 10.6. The van der Waals surface area contributed by atoms with Crippen LogP contribution in [0.1, 0.15) is 42.8 Å². The average Bonchev–Trinajstić information content (AvgIpc) is 3.51. The molecule has 11 heteroatoms. The second kappa shape index (κ2) is 13.5. The number of likely N-dealkylation sites (N-methyl/N-ethyl adjacent to an activating group) is 1. The van der Waals surface area contributed by atoms with Crippen LogP contribution < -0.4 is 16.0 Å². The number of primary amides is 1. The van der Waals surface area contributed by atoms with E-state index in [2.05, 4.69) is 15.5 Å². The van der Waals surface area contributed by atoms with E-state index in [0.717, 1.165) is 35.2 Å². The van der Waals surface area contributed by atoms with Gasteiger partial charge in [-0.25, -0.2) is 0 Å². The molecule has 0 bridgehead atoms. The van der Waals surface area contributed by atoms with Gasteiger partial charge in [0.25, 0.3) is 0 Å². The van der Waals surface area contributed by atoms with Gasteiger partial charge in [0.2, 0.25) is 23.5 Å². The summed E-state index contributed by atoms with van der Waals surface area (Å²) in [7, 11) is 1.82. The second-order valence-corrected chi connectivity index (χ2v) is 11.0. The first kappa shape index (κ1) is 31.4. The molecule has 40 heavy (non-hydrogen) atoms. The van der Waals surface area contributed by atoms with Gasteiger partial charge in [-0.2, -0.15) is 4.98 Å². The van der Waals surface area contributed by atoms with Gasteiger partial charge in [-0.1, -0.05) is 48.8 Å². The smallest absolute Gasteiger partial charge is 0.242 e. The number of anilines is 1. The van der Waals surface area contributed by atoms with Crippen LogP contribution in [0.5, 0.6) is 0 Å². The van der Waals surface area contributed by atoms with Crippen molar-refractivity contribution in [3.8, 4) is 11.4 Å². The highest BCUT2D eigenvalue weighted by atomic mass is 35.5. The van der Waals surface area contributed by atoms with Crippen LogP contribution in [0, 0.1) is 13.8 Å². The maximum absolute atomic E-state index is 13.8. The summed E-state index contributed by atoms with van der Waals surface area (Å²) < 4.78 is 5.17. The third-order valence-corrected chi connectivity index (χ3v) is 7.54. The number of amides is 2. The number of rotatable bonds is 11. The normalized spacial score (nSPS) is 14.9. The molecule has 2 unspecified atom stereocenters. The summed E-state index contributed by atoms with van der Waals surface area (Å²) in [5, 5.41) is 8.09. The van der Waals surface area contributed by atoms with E-state index in [1.165, 1.54) is 5.56 Å². The Balaban J connectivity index is 0.00000441. The minimum Gasteiger partial charge on any atom is -0.368 e. The van der Waals surface area contributed by atoms with Crippen molar-refractivity contribution in [2.24, 2.45) is 5.73 Å². The number of aromatic nitrogens is 2. The highest BCUT2D eigenvalue weighted by molar-refractivity contribution is 6.30. The number of halogens is 2. The molecular formula is C29H38Cl2N6O3. The monoisotopic (exact) mass is 588 g/mol. The third-order valence-electron chi connectivity index (χ3n) is 7.31. The van der Waals surface area contributed by atoms with Crippen LogP contribution in [0.3, 0.4) is 0 Å². The number of nitrogens with one attached hydrogen (secondary N) is 1. The lowest BCUT2D eigenvalue weighted by molar-refractivity contribution is -0.130. The lowest BCUT2D eigenvalue weighted by Gasteiger charge is -2.35. The predicted octanol–water partition coefficient (Wildman–Crippen LogP) is 4.10. The van der Waals surface area contributed by atoms with E-state index in [1.54, 1.807) is 11.8 Å². The van der Waals surface area contributed by atoms with Crippen LogP contribution in [-0.4, -0.2) is 65.1 Å². The number of carbonyl (C=O) groups excluding carboxylic acids is 2. The van der Waals surface area contributed by atoms with E-state index < -0.39 is 11.9 Å². The van der Waals surface area contributed by atoms with E-state index in [4.69, 9.17) is 21.9 Å². The Labute approximate surface area is 246 Å². The summed E-state index contributed by atoms with van der Waals surface area (Å²) in [5.74, 6) is 0.312. The molecule has 3 aromatic rings. The average molecular weight is 590 g/mol. The lowest BCUT2D eigenvalue weighted by Crippen LogP contribution is -2.52. The molecule has 2 atom stereocenters. The number of benzene rings is 2. The molecule has 216 valence electrons. The van der Waals surface area contributed by atoms with Crippen molar-refractivity contribution in [3.63, 3.8) is 0 Å². The van der Waals surface area contributed by atoms with Crippen LogP contribution >= 0.6 is 24.0 Å². The minimum absolute atomic E-state index is 0. The Hall–Kier alpha value is -3.14. The maximum atomic E-state index is 13.8. The van der Waals surface area contributed by atoms with Crippen LogP contribution in [0.2, 0.25) is 5.02 Å².